The molecule has 8 heterocycles. The van der Waals surface area contributed by atoms with Gasteiger partial charge in [0.1, 0.15) is 35.3 Å². The van der Waals surface area contributed by atoms with Gasteiger partial charge in [-0.15, -0.1) is 11.3 Å². The van der Waals surface area contributed by atoms with Gasteiger partial charge in [0.25, 0.3) is 0 Å². The van der Waals surface area contributed by atoms with Crippen molar-refractivity contribution in [2.75, 3.05) is 27.3 Å². The molecule has 4 N–H and O–H groups in total. The van der Waals surface area contributed by atoms with Crippen LogP contribution >= 0.6 is 11.3 Å². The normalized spacial score (nSPS) is 22.6. The van der Waals surface area contributed by atoms with Crippen molar-refractivity contribution in [1.29, 1.82) is 0 Å². The molecule has 3 fully saturated rings. The molecule has 4 amide bonds. The van der Waals surface area contributed by atoms with Gasteiger partial charge < -0.3 is 49.3 Å². The summed E-state index contributed by atoms with van der Waals surface area (Å²) >= 11 is 1.66. The number of halogens is 1. The third-order valence-corrected chi connectivity index (χ3v) is 16.0. The molecule has 380 valence electrons. The Morgan fingerprint density at radius 3 is 2.10 bits per heavy atom. The molecule has 4 aliphatic rings. The van der Waals surface area contributed by atoms with Crippen molar-refractivity contribution in [1.82, 2.24) is 44.9 Å². The molecule has 0 bridgehead atoms. The van der Waals surface area contributed by atoms with Gasteiger partial charge >= 0.3 is 12.2 Å². The maximum atomic E-state index is 16.9. The molecule has 4 aromatic heterocycles. The number of likely N-dealkylation sites (tertiary alicyclic amines) is 2. The molecule has 4 aliphatic heterocycles. The quantitative estimate of drug-likeness (QED) is 0.0916. The first-order valence-electron chi connectivity index (χ1n) is 25.0. The number of benzene rings is 2. The molecule has 10 rings (SSSR count). The summed E-state index contributed by atoms with van der Waals surface area (Å²) in [4.78, 5) is 75.2. The number of hydrogen-bond acceptors (Lipinski definition) is 11. The number of rotatable bonds is 12. The predicted octanol–water partition coefficient (Wildman–Crippen LogP) is 9.43. The molecule has 0 spiro atoms. The van der Waals surface area contributed by atoms with E-state index in [1.807, 2.05) is 56.9 Å². The minimum Gasteiger partial charge on any atom is -0.464 e. The van der Waals surface area contributed by atoms with E-state index in [-0.39, 0.29) is 47.9 Å². The van der Waals surface area contributed by atoms with Gasteiger partial charge in [0.2, 0.25) is 18.0 Å². The maximum absolute atomic E-state index is 16.9. The van der Waals surface area contributed by atoms with Gasteiger partial charge in [0.05, 0.1) is 83.9 Å². The molecule has 0 radical (unpaired) electrons. The van der Waals surface area contributed by atoms with E-state index in [4.69, 9.17) is 28.9 Å². The molecule has 72 heavy (non-hydrogen) atoms. The molecule has 3 saturated heterocycles. The van der Waals surface area contributed by atoms with E-state index in [2.05, 4.69) is 50.3 Å². The number of aromatic amines is 2. The summed E-state index contributed by atoms with van der Waals surface area (Å²) in [6, 6.07) is 13.4. The number of ether oxygens (including phenoxy) is 4. The molecular weight excluding hydrogens is 942 g/mol. The fraction of sp³-hybridized carbons (Fsp3) is 0.472. The van der Waals surface area contributed by atoms with Crippen LogP contribution in [0.15, 0.2) is 60.9 Å². The first kappa shape index (κ1) is 48.9. The second kappa shape index (κ2) is 20.1. The third-order valence-electron chi connectivity index (χ3n) is 14.7. The average Bonchev–Trinajstić information content (AvgIpc) is 4.23. The Morgan fingerprint density at radius 1 is 0.833 bits per heavy atom. The Balaban J connectivity index is 0.945. The van der Waals surface area contributed by atoms with Crippen LogP contribution in [0.3, 0.4) is 0 Å². The van der Waals surface area contributed by atoms with Crippen molar-refractivity contribution in [2.24, 2.45) is 11.8 Å². The van der Waals surface area contributed by atoms with E-state index in [1.54, 1.807) is 28.6 Å². The van der Waals surface area contributed by atoms with Crippen LogP contribution in [-0.4, -0.2) is 110 Å². The molecular formula is C53H62FN9O8S. The number of carbonyl (C=O) groups is 4. The summed E-state index contributed by atoms with van der Waals surface area (Å²) in [5.41, 5.74) is 4.62. The number of H-pyrrole nitrogens is 2. The van der Waals surface area contributed by atoms with Crippen LogP contribution in [0.5, 0.6) is 5.75 Å². The number of aryl methyl sites for hydroxylation is 1. The van der Waals surface area contributed by atoms with Crippen LogP contribution < -0.4 is 15.4 Å². The van der Waals surface area contributed by atoms with Crippen molar-refractivity contribution in [3.05, 3.63) is 88.1 Å². The highest BCUT2D eigenvalue weighted by molar-refractivity contribution is 7.12. The lowest BCUT2D eigenvalue weighted by molar-refractivity contribution is -0.138. The van der Waals surface area contributed by atoms with Gasteiger partial charge in [0, 0.05) is 34.5 Å². The third kappa shape index (κ3) is 9.20. The van der Waals surface area contributed by atoms with Crippen LogP contribution in [-0.2, 0) is 30.2 Å². The highest BCUT2D eigenvalue weighted by atomic mass is 32.1. The molecule has 0 saturated carbocycles. The summed E-state index contributed by atoms with van der Waals surface area (Å²) in [5, 5.41) is 6.42. The van der Waals surface area contributed by atoms with Gasteiger partial charge in [-0.3, -0.25) is 14.2 Å². The lowest BCUT2D eigenvalue weighted by Gasteiger charge is -2.38. The van der Waals surface area contributed by atoms with E-state index in [0.717, 1.165) is 46.3 Å². The minimum absolute atomic E-state index is 0.0505. The lowest BCUT2D eigenvalue weighted by Crippen LogP contribution is -2.54. The minimum atomic E-state index is -0.773. The number of alkyl carbamates (subject to hydrolysis) is 2. The van der Waals surface area contributed by atoms with Crippen LogP contribution in [0.1, 0.15) is 113 Å². The zero-order valence-corrected chi connectivity index (χ0v) is 42.4. The summed E-state index contributed by atoms with van der Waals surface area (Å²) in [6.45, 7) is 10.9. The summed E-state index contributed by atoms with van der Waals surface area (Å²) in [5.74, 6) is 0.483. The molecule has 19 heteroatoms. The highest BCUT2D eigenvalue weighted by Crippen LogP contribution is 2.48. The van der Waals surface area contributed by atoms with Crippen molar-refractivity contribution in [2.45, 2.75) is 122 Å². The second-order valence-corrected chi connectivity index (χ2v) is 21.0. The van der Waals surface area contributed by atoms with Crippen LogP contribution in [0.4, 0.5) is 14.0 Å². The fourth-order valence-corrected chi connectivity index (χ4v) is 12.3. The number of methoxy groups -OCH3 is 2. The van der Waals surface area contributed by atoms with E-state index >= 15 is 4.39 Å². The predicted molar refractivity (Wildman–Crippen MR) is 269 cm³/mol. The second-order valence-electron chi connectivity index (χ2n) is 19.8. The average molecular weight is 1000 g/mol. The number of carbonyl (C=O) groups excluding carboxylic acids is 4. The van der Waals surface area contributed by atoms with Crippen molar-refractivity contribution in [3.63, 3.8) is 0 Å². The monoisotopic (exact) mass is 1000 g/mol. The summed E-state index contributed by atoms with van der Waals surface area (Å²) < 4.78 is 41.6. The number of aromatic nitrogens is 5. The van der Waals surface area contributed by atoms with Gasteiger partial charge in [-0.1, -0.05) is 26.8 Å². The largest absolute Gasteiger partial charge is 0.464 e. The van der Waals surface area contributed by atoms with E-state index < -0.39 is 36.3 Å². The number of fused-ring (bicyclic) bond motifs is 5. The number of nitrogens with one attached hydrogen (secondary N) is 4. The number of amides is 4. The SMILES string of the molecule is CCc1ccc(C2Oc3cc(-c4cnc(C5CCCN5C(=O)C(NC(=O)OC)C(C)C)[nH]4)cc(F)c3-c3cc4cc(-c5cnc(C6CCCN6C(=O)C(NC(=O)OC)C6CC(C)OC(C)C6)[nH]5)ccc4n32)s1. The topological polar surface area (TPSA) is 198 Å². The van der Waals surface area contributed by atoms with E-state index in [1.165, 1.54) is 25.2 Å². The zero-order valence-electron chi connectivity index (χ0n) is 41.6. The Hall–Kier alpha value is -6.73. The van der Waals surface area contributed by atoms with Crippen LogP contribution in [0, 0.1) is 17.7 Å². The molecule has 17 nitrogen and oxygen atoms in total. The van der Waals surface area contributed by atoms with E-state index in [0.29, 0.717) is 78.7 Å². The Labute approximate surface area is 421 Å². The van der Waals surface area contributed by atoms with Crippen LogP contribution in [0.2, 0.25) is 0 Å². The Morgan fingerprint density at radius 2 is 1.47 bits per heavy atom. The number of thiophene rings is 1. The number of nitrogens with zero attached hydrogens (tertiary/aromatic N) is 5. The molecule has 2 aromatic carbocycles. The van der Waals surface area contributed by atoms with Gasteiger partial charge in [-0.05, 0) is 113 Å². The molecule has 0 aliphatic carbocycles. The van der Waals surface area contributed by atoms with Gasteiger partial charge in [0.15, 0.2) is 0 Å². The molecule has 6 aromatic rings. The fourth-order valence-electron chi connectivity index (χ4n) is 11.3. The number of imidazole rings is 2. The molecule has 7 atom stereocenters. The number of hydrogen-bond donors (Lipinski definition) is 4. The van der Waals surface area contributed by atoms with Crippen molar-refractivity contribution >= 4 is 46.2 Å². The standard InChI is InChI=1S/C53H62FN9O8S/c1-8-34-14-16-43(72-34)51-63-38-15-13-30(36-25-55-47(57-36)40-12-10-18-62(40)50(65)46(60-53(67)69-7)33-19-28(4)70-29(5)20-33)21-32(38)23-41(63)44-35(54)22-31(24-42(44)71-51)37-26-56-48(58-37)39-11-9-17-61(39)49(64)45(27(2)3)59-52(66)68-6/h13-16,21-29,33,39-40,45-46,51H,8-12,17-20H2,1-7H3,(H,55,57)(H,56,58)(H,59,66)(H,60,67). The lowest BCUT2D eigenvalue weighted by atomic mass is 9.85. The molecule has 7 unspecified atom stereocenters. The summed E-state index contributed by atoms with van der Waals surface area (Å²) in [6.07, 6.45) is 6.51. The summed E-state index contributed by atoms with van der Waals surface area (Å²) in [7, 11) is 2.57. The smallest absolute Gasteiger partial charge is 0.407 e. The zero-order chi connectivity index (χ0) is 50.5. The van der Waals surface area contributed by atoms with Crippen LogP contribution in [0.25, 0.3) is 44.7 Å². The van der Waals surface area contributed by atoms with E-state index in [9.17, 15) is 19.2 Å². The Kier molecular flexibility index (Phi) is 13.6. The van der Waals surface area contributed by atoms with Gasteiger partial charge in [-0.25, -0.2) is 23.9 Å². The van der Waals surface area contributed by atoms with Gasteiger partial charge in [-0.2, -0.15) is 0 Å². The van der Waals surface area contributed by atoms with Crippen molar-refractivity contribution in [3.8, 4) is 39.5 Å². The van der Waals surface area contributed by atoms with Crippen molar-refractivity contribution < 1.29 is 42.5 Å². The first-order chi connectivity index (χ1) is 34.7. The Bertz CT molecular complexity index is 3010. The first-order valence-corrected chi connectivity index (χ1v) is 25.8. The maximum Gasteiger partial charge on any atom is 0.407 e. The highest BCUT2D eigenvalue weighted by Gasteiger charge is 2.43.